The maximum absolute atomic E-state index is 9.27. The van der Waals surface area contributed by atoms with Crippen molar-refractivity contribution in [2.45, 2.75) is 39.2 Å². The Morgan fingerprint density at radius 2 is 2.17 bits per heavy atom. The molecule has 0 bridgehead atoms. The van der Waals surface area contributed by atoms with Crippen LogP contribution in [0.5, 0.6) is 0 Å². The van der Waals surface area contributed by atoms with E-state index in [0.717, 1.165) is 13.0 Å². The maximum atomic E-state index is 9.27. The second kappa shape index (κ2) is 4.86. The highest BCUT2D eigenvalue weighted by Gasteiger charge is 1.96. The minimum Gasteiger partial charge on any atom is -0.332 e. The Labute approximate surface area is 74.4 Å². The first-order valence-corrected chi connectivity index (χ1v) is 4.68. The number of aryl methyl sites for hydroxylation is 1. The first-order chi connectivity index (χ1) is 5.84. The summed E-state index contributed by atoms with van der Waals surface area (Å²) in [6.07, 6.45) is 6.89. The summed E-state index contributed by atoms with van der Waals surface area (Å²) in [6.45, 7) is 3.14. The fourth-order valence-corrected chi connectivity index (χ4v) is 1.30. The summed E-state index contributed by atoms with van der Waals surface area (Å²) in [5.41, 5.74) is 9.27. The molecule has 1 heterocycles. The van der Waals surface area contributed by atoms with Crippen LogP contribution in [-0.4, -0.2) is 4.57 Å². The van der Waals surface area contributed by atoms with Gasteiger partial charge in [0.15, 0.2) is 5.82 Å². The highest BCUT2D eigenvalue weighted by atomic mass is 15.0. The summed E-state index contributed by atoms with van der Waals surface area (Å²) in [6, 6.07) is 3.59. The van der Waals surface area contributed by atoms with Crippen molar-refractivity contribution >= 4 is 5.82 Å². The number of nitrogens with zero attached hydrogens (tertiary/aromatic N) is 2. The van der Waals surface area contributed by atoms with Crippen LogP contribution < -0.4 is 5.73 Å². The number of unbranched alkanes of at least 4 members (excludes halogenated alkanes) is 3. The molecule has 0 fully saturated rings. The fourth-order valence-electron chi connectivity index (χ4n) is 1.30. The molecule has 1 rings (SSSR count). The van der Waals surface area contributed by atoms with Crippen LogP contribution in [-0.2, 0) is 6.54 Å². The van der Waals surface area contributed by atoms with Crippen molar-refractivity contribution in [1.29, 1.82) is 0 Å². The largest absolute Gasteiger partial charge is 0.332 e. The lowest BCUT2D eigenvalue weighted by molar-refractivity contribution is 0.585. The van der Waals surface area contributed by atoms with Gasteiger partial charge in [-0.15, -0.1) is 5.73 Å². The van der Waals surface area contributed by atoms with E-state index in [2.05, 4.69) is 6.92 Å². The van der Waals surface area contributed by atoms with E-state index in [9.17, 15) is 5.73 Å². The van der Waals surface area contributed by atoms with Gasteiger partial charge >= 0.3 is 0 Å². The summed E-state index contributed by atoms with van der Waals surface area (Å²) in [5.74, 6) is 0.381. The lowest BCUT2D eigenvalue weighted by Gasteiger charge is -2.02. The lowest BCUT2D eigenvalue weighted by Crippen LogP contribution is -1.96. The predicted octanol–water partition coefficient (Wildman–Crippen LogP) is 2.77. The zero-order valence-corrected chi connectivity index (χ0v) is 7.66. The van der Waals surface area contributed by atoms with Gasteiger partial charge in [0, 0.05) is 12.7 Å². The van der Waals surface area contributed by atoms with Crippen molar-refractivity contribution in [3.8, 4) is 0 Å². The SMILES string of the molecule is CCCCCCn1cccc1[N]. The molecule has 1 aromatic heterocycles. The molecule has 0 amide bonds. The molecule has 0 aliphatic rings. The van der Waals surface area contributed by atoms with E-state index in [4.69, 9.17) is 0 Å². The molecule has 0 saturated heterocycles. The molecule has 0 aliphatic carbocycles. The molecule has 12 heavy (non-hydrogen) atoms. The Kier molecular flexibility index (Phi) is 3.71. The third-order valence-electron chi connectivity index (χ3n) is 2.06. The summed E-state index contributed by atoms with van der Waals surface area (Å²) in [5, 5.41) is 0. The molecule has 0 unspecified atom stereocenters. The van der Waals surface area contributed by atoms with Crippen LogP contribution in [0.1, 0.15) is 32.6 Å². The third kappa shape index (κ3) is 2.61. The number of hydrogen-bond donors (Lipinski definition) is 0. The average Bonchev–Trinajstić information content (AvgIpc) is 2.46. The van der Waals surface area contributed by atoms with Crippen molar-refractivity contribution in [3.05, 3.63) is 18.3 Å². The molecule has 0 aliphatic heterocycles. The number of aromatic nitrogens is 1. The number of hydrogen-bond acceptors (Lipinski definition) is 0. The van der Waals surface area contributed by atoms with Crippen LogP contribution in [0.25, 0.3) is 0 Å². The van der Waals surface area contributed by atoms with E-state index in [1.165, 1.54) is 19.3 Å². The lowest BCUT2D eigenvalue weighted by atomic mass is 10.2. The number of rotatable bonds is 5. The van der Waals surface area contributed by atoms with E-state index < -0.39 is 0 Å². The Morgan fingerprint density at radius 1 is 1.33 bits per heavy atom. The van der Waals surface area contributed by atoms with Crippen molar-refractivity contribution in [2.75, 3.05) is 0 Å². The molecule has 2 nitrogen and oxygen atoms in total. The van der Waals surface area contributed by atoms with Crippen LogP contribution in [0.15, 0.2) is 18.3 Å². The van der Waals surface area contributed by atoms with E-state index in [0.29, 0.717) is 5.82 Å². The minimum absolute atomic E-state index is 0.381. The topological polar surface area (TPSA) is 27.2 Å². The average molecular weight is 164 g/mol. The standard InChI is InChI=1S/C10H16N2/c1-2-3-4-5-8-12-9-6-7-10(12)11/h6-7,9H,2-5,8H2,1H3. The molecule has 1 aromatic rings. The first-order valence-electron chi connectivity index (χ1n) is 4.68. The van der Waals surface area contributed by atoms with Crippen molar-refractivity contribution in [1.82, 2.24) is 10.3 Å². The van der Waals surface area contributed by atoms with E-state index in [1.807, 2.05) is 16.8 Å². The highest BCUT2D eigenvalue weighted by Crippen LogP contribution is 2.08. The quantitative estimate of drug-likeness (QED) is 0.598. The minimum atomic E-state index is 0.381. The second-order valence-electron chi connectivity index (χ2n) is 3.12. The van der Waals surface area contributed by atoms with Crippen molar-refractivity contribution < 1.29 is 0 Å². The molecule has 0 spiro atoms. The molecule has 0 saturated carbocycles. The summed E-state index contributed by atoms with van der Waals surface area (Å²) >= 11 is 0. The van der Waals surface area contributed by atoms with E-state index >= 15 is 0 Å². The molecule has 0 atom stereocenters. The first kappa shape index (κ1) is 9.17. The zero-order chi connectivity index (χ0) is 8.81. The fraction of sp³-hybridized carbons (Fsp3) is 0.600. The molecular formula is C10H16N2. The smallest absolute Gasteiger partial charge is 0.155 e. The molecule has 66 valence electrons. The van der Waals surface area contributed by atoms with Gasteiger partial charge in [-0.25, -0.2) is 0 Å². The third-order valence-corrected chi connectivity index (χ3v) is 2.06. The molecule has 0 aromatic carbocycles. The van der Waals surface area contributed by atoms with Crippen LogP contribution in [0.2, 0.25) is 0 Å². The normalized spacial score (nSPS) is 10.4. The van der Waals surface area contributed by atoms with E-state index in [-0.39, 0.29) is 0 Å². The Bertz CT molecular complexity index is 215. The van der Waals surface area contributed by atoms with Crippen LogP contribution in [0, 0.1) is 0 Å². The molecule has 2 radical (unpaired) electrons. The predicted molar refractivity (Wildman–Crippen MR) is 50.4 cm³/mol. The van der Waals surface area contributed by atoms with Gasteiger partial charge in [-0.2, -0.15) is 0 Å². The monoisotopic (exact) mass is 164 g/mol. The van der Waals surface area contributed by atoms with Gasteiger partial charge in [0.25, 0.3) is 0 Å². The van der Waals surface area contributed by atoms with E-state index in [1.54, 1.807) is 6.07 Å². The van der Waals surface area contributed by atoms with Gasteiger partial charge in [-0.3, -0.25) is 0 Å². The van der Waals surface area contributed by atoms with Gasteiger partial charge in [-0.1, -0.05) is 26.2 Å². The van der Waals surface area contributed by atoms with Crippen LogP contribution >= 0.6 is 0 Å². The van der Waals surface area contributed by atoms with Gasteiger partial charge in [-0.05, 0) is 18.6 Å². The molecule has 2 heteroatoms. The van der Waals surface area contributed by atoms with Gasteiger partial charge in [0.1, 0.15) is 0 Å². The summed E-state index contributed by atoms with van der Waals surface area (Å²) in [4.78, 5) is 0. The summed E-state index contributed by atoms with van der Waals surface area (Å²) < 4.78 is 1.88. The van der Waals surface area contributed by atoms with Gasteiger partial charge in [0.2, 0.25) is 0 Å². The van der Waals surface area contributed by atoms with Crippen molar-refractivity contribution in [2.24, 2.45) is 0 Å². The maximum Gasteiger partial charge on any atom is 0.155 e. The Balaban J connectivity index is 2.20. The highest BCUT2D eigenvalue weighted by molar-refractivity contribution is 5.24. The molecular weight excluding hydrogens is 148 g/mol. The second-order valence-corrected chi connectivity index (χ2v) is 3.12. The van der Waals surface area contributed by atoms with Crippen LogP contribution in [0.3, 0.4) is 0 Å². The van der Waals surface area contributed by atoms with Gasteiger partial charge < -0.3 is 4.57 Å². The summed E-state index contributed by atoms with van der Waals surface area (Å²) in [7, 11) is 0. The molecule has 0 N–H and O–H groups in total. The Hall–Kier alpha value is -0.920. The van der Waals surface area contributed by atoms with Gasteiger partial charge in [0.05, 0.1) is 0 Å². The zero-order valence-electron chi connectivity index (χ0n) is 7.66. The van der Waals surface area contributed by atoms with Crippen molar-refractivity contribution in [3.63, 3.8) is 0 Å². The Morgan fingerprint density at radius 3 is 2.75 bits per heavy atom. The van der Waals surface area contributed by atoms with Crippen LogP contribution in [0.4, 0.5) is 5.82 Å².